The van der Waals surface area contributed by atoms with Gasteiger partial charge in [-0.25, -0.2) is 4.79 Å². The summed E-state index contributed by atoms with van der Waals surface area (Å²) in [4.78, 5) is 50.8. The SMILES string of the molecule is COc1ccc(C(OC2C(COC(=O)CCC(C)=O)OC(n3ccc(=O)[nH]c3=O)C2O)(c2ccccc2)c2ccc(OC)cc2)cc1. The number of aliphatic hydroxyl groups is 1. The number of ether oxygens (including phenoxy) is 5. The summed E-state index contributed by atoms with van der Waals surface area (Å²) in [5, 5.41) is 11.8. The van der Waals surface area contributed by atoms with Crippen molar-refractivity contribution in [3.63, 3.8) is 0 Å². The molecule has 4 aromatic rings. The van der Waals surface area contributed by atoms with Crippen molar-refractivity contribution >= 4 is 11.8 Å². The van der Waals surface area contributed by atoms with Crippen molar-refractivity contribution < 1.29 is 38.4 Å². The lowest BCUT2D eigenvalue weighted by Gasteiger charge is -2.39. The summed E-state index contributed by atoms with van der Waals surface area (Å²) < 4.78 is 30.6. The summed E-state index contributed by atoms with van der Waals surface area (Å²) in [5.74, 6) is 0.422. The van der Waals surface area contributed by atoms with Crippen LogP contribution in [-0.4, -0.2) is 65.5 Å². The molecule has 5 rings (SSSR count). The van der Waals surface area contributed by atoms with E-state index in [9.17, 15) is 24.3 Å². The van der Waals surface area contributed by atoms with E-state index in [-0.39, 0.29) is 25.2 Å². The van der Waals surface area contributed by atoms with Crippen LogP contribution in [0.3, 0.4) is 0 Å². The van der Waals surface area contributed by atoms with Crippen molar-refractivity contribution in [1.82, 2.24) is 9.55 Å². The number of aromatic nitrogens is 2. The molecule has 4 unspecified atom stereocenters. The number of hydrogen-bond acceptors (Lipinski definition) is 10. The molecule has 12 heteroatoms. The molecule has 1 aliphatic rings. The van der Waals surface area contributed by atoms with Gasteiger partial charge in [0.2, 0.25) is 0 Å². The molecule has 1 aliphatic heterocycles. The highest BCUT2D eigenvalue weighted by atomic mass is 16.6. The normalized spacial score (nSPS) is 19.2. The molecule has 0 amide bonds. The second-order valence-corrected chi connectivity index (χ2v) is 11.0. The molecule has 1 saturated heterocycles. The van der Waals surface area contributed by atoms with Gasteiger partial charge in [0.1, 0.15) is 47.8 Å². The van der Waals surface area contributed by atoms with Crippen LogP contribution in [0.25, 0.3) is 0 Å². The monoisotopic (exact) mass is 644 g/mol. The average Bonchev–Trinajstić information content (AvgIpc) is 3.39. The number of methoxy groups -OCH3 is 2. The number of carbonyl (C=O) groups excluding carboxylic acids is 2. The van der Waals surface area contributed by atoms with E-state index in [0.717, 1.165) is 10.6 Å². The molecule has 4 atom stereocenters. The average molecular weight is 645 g/mol. The van der Waals surface area contributed by atoms with Crippen LogP contribution in [0, 0.1) is 0 Å². The fraction of sp³-hybridized carbons (Fsp3) is 0.314. The second kappa shape index (κ2) is 14.6. The van der Waals surface area contributed by atoms with Crippen LogP contribution < -0.4 is 20.7 Å². The van der Waals surface area contributed by atoms with E-state index in [0.29, 0.717) is 28.2 Å². The maximum absolute atomic E-state index is 12.8. The van der Waals surface area contributed by atoms with Gasteiger partial charge in [0, 0.05) is 18.7 Å². The van der Waals surface area contributed by atoms with Gasteiger partial charge in [-0.05, 0) is 47.9 Å². The van der Waals surface area contributed by atoms with Crippen LogP contribution >= 0.6 is 0 Å². The lowest BCUT2D eigenvalue weighted by Crippen LogP contribution is -2.46. The highest BCUT2D eigenvalue weighted by Gasteiger charge is 2.51. The molecule has 246 valence electrons. The number of aliphatic hydroxyl groups excluding tert-OH is 1. The Morgan fingerprint density at radius 2 is 1.43 bits per heavy atom. The fourth-order valence-electron chi connectivity index (χ4n) is 5.61. The van der Waals surface area contributed by atoms with Crippen molar-refractivity contribution in [1.29, 1.82) is 0 Å². The van der Waals surface area contributed by atoms with E-state index in [1.165, 1.54) is 13.1 Å². The molecule has 0 spiro atoms. The lowest BCUT2D eigenvalue weighted by molar-refractivity contribution is -0.155. The summed E-state index contributed by atoms with van der Waals surface area (Å²) in [6.45, 7) is 1.02. The van der Waals surface area contributed by atoms with Crippen LogP contribution in [0.15, 0.2) is 101 Å². The molecule has 3 aromatic carbocycles. The Labute approximate surface area is 270 Å². The Bertz CT molecular complexity index is 1740. The first-order valence-electron chi connectivity index (χ1n) is 15.0. The quantitative estimate of drug-likeness (QED) is 0.164. The van der Waals surface area contributed by atoms with Gasteiger partial charge in [-0.3, -0.25) is 19.1 Å². The Morgan fingerprint density at radius 1 is 0.851 bits per heavy atom. The van der Waals surface area contributed by atoms with Gasteiger partial charge in [0.15, 0.2) is 6.23 Å². The predicted octanol–water partition coefficient (Wildman–Crippen LogP) is 3.10. The summed E-state index contributed by atoms with van der Waals surface area (Å²) in [5.41, 5.74) is -0.781. The number of H-pyrrole nitrogens is 1. The van der Waals surface area contributed by atoms with Crippen molar-refractivity contribution in [2.75, 3.05) is 20.8 Å². The molecule has 0 bridgehead atoms. The lowest BCUT2D eigenvalue weighted by atomic mass is 9.79. The largest absolute Gasteiger partial charge is 0.497 e. The summed E-state index contributed by atoms with van der Waals surface area (Å²) in [6, 6.07) is 25.0. The summed E-state index contributed by atoms with van der Waals surface area (Å²) in [7, 11) is 3.12. The molecule has 47 heavy (non-hydrogen) atoms. The first kappa shape index (κ1) is 33.3. The van der Waals surface area contributed by atoms with E-state index >= 15 is 0 Å². The molecule has 12 nitrogen and oxygen atoms in total. The maximum Gasteiger partial charge on any atom is 0.330 e. The molecule has 1 aromatic heterocycles. The summed E-state index contributed by atoms with van der Waals surface area (Å²) >= 11 is 0. The molecule has 0 radical (unpaired) electrons. The highest BCUT2D eigenvalue weighted by Crippen LogP contribution is 2.45. The van der Waals surface area contributed by atoms with E-state index in [4.69, 9.17) is 23.7 Å². The van der Waals surface area contributed by atoms with Crippen LogP contribution in [0.2, 0.25) is 0 Å². The van der Waals surface area contributed by atoms with E-state index < -0.39 is 47.4 Å². The van der Waals surface area contributed by atoms with Gasteiger partial charge >= 0.3 is 11.7 Å². The number of esters is 1. The number of hydrogen-bond donors (Lipinski definition) is 2. The maximum atomic E-state index is 12.8. The molecule has 2 heterocycles. The van der Waals surface area contributed by atoms with Gasteiger partial charge in [-0.2, -0.15) is 0 Å². The number of rotatable bonds is 13. The van der Waals surface area contributed by atoms with E-state index in [2.05, 4.69) is 4.98 Å². The molecule has 2 N–H and O–H groups in total. The first-order valence-corrected chi connectivity index (χ1v) is 15.0. The third-order valence-electron chi connectivity index (χ3n) is 8.01. The minimum atomic E-state index is -1.49. The second-order valence-electron chi connectivity index (χ2n) is 11.0. The number of nitrogens with one attached hydrogen (secondary N) is 1. The molecular weight excluding hydrogens is 608 g/mol. The van der Waals surface area contributed by atoms with Crippen molar-refractivity contribution in [2.24, 2.45) is 0 Å². The zero-order valence-corrected chi connectivity index (χ0v) is 26.2. The number of benzene rings is 3. The third-order valence-corrected chi connectivity index (χ3v) is 8.01. The molecule has 0 saturated carbocycles. The molecule has 0 aliphatic carbocycles. The molecule has 1 fully saturated rings. The van der Waals surface area contributed by atoms with E-state index in [1.807, 2.05) is 54.6 Å². The Morgan fingerprint density at radius 3 is 1.96 bits per heavy atom. The summed E-state index contributed by atoms with van der Waals surface area (Å²) in [6.07, 6.45) is -4.01. The third kappa shape index (κ3) is 7.19. The number of Topliss-reactive ketones (excluding diaryl/α,β-unsaturated/α-hetero) is 1. The zero-order chi connectivity index (χ0) is 33.6. The van der Waals surface area contributed by atoms with Crippen LogP contribution in [-0.2, 0) is 29.4 Å². The van der Waals surface area contributed by atoms with Crippen LogP contribution in [0.1, 0.15) is 42.7 Å². The van der Waals surface area contributed by atoms with Crippen LogP contribution in [0.5, 0.6) is 11.5 Å². The smallest absolute Gasteiger partial charge is 0.330 e. The Balaban J connectivity index is 1.64. The van der Waals surface area contributed by atoms with Gasteiger partial charge in [0.05, 0.1) is 20.6 Å². The highest BCUT2D eigenvalue weighted by molar-refractivity contribution is 5.80. The van der Waals surface area contributed by atoms with Gasteiger partial charge in [-0.1, -0.05) is 54.6 Å². The topological polar surface area (TPSA) is 155 Å². The van der Waals surface area contributed by atoms with Gasteiger partial charge < -0.3 is 33.6 Å². The fourth-order valence-corrected chi connectivity index (χ4v) is 5.61. The Hall–Kier alpha value is -5.04. The first-order chi connectivity index (χ1) is 22.7. The predicted molar refractivity (Wildman–Crippen MR) is 169 cm³/mol. The minimum Gasteiger partial charge on any atom is -0.497 e. The van der Waals surface area contributed by atoms with Crippen molar-refractivity contribution in [2.45, 2.75) is 49.9 Å². The number of aromatic amines is 1. The zero-order valence-electron chi connectivity index (χ0n) is 26.2. The standard InChI is InChI=1S/C35H36N2O10/c1-22(38)9-18-30(40)45-21-28-32(31(41)33(46-28)37-20-19-29(39)36-34(37)42)47-35(23-7-5-4-6-8-23,24-10-14-26(43-2)15-11-24)25-12-16-27(44-3)17-13-25/h4-8,10-17,19-20,28,31-33,41H,9,18,21H2,1-3H3,(H,36,39,42). The van der Waals surface area contributed by atoms with E-state index in [1.54, 1.807) is 38.5 Å². The number of carbonyl (C=O) groups is 2. The van der Waals surface area contributed by atoms with Crippen LogP contribution in [0.4, 0.5) is 0 Å². The number of nitrogens with zero attached hydrogens (tertiary/aromatic N) is 1. The van der Waals surface area contributed by atoms with Gasteiger partial charge in [0.25, 0.3) is 5.56 Å². The molecular formula is C35H36N2O10. The van der Waals surface area contributed by atoms with Gasteiger partial charge in [-0.15, -0.1) is 0 Å². The number of ketones is 1. The van der Waals surface area contributed by atoms with Crippen molar-refractivity contribution in [3.05, 3.63) is 129 Å². The Kier molecular flexibility index (Phi) is 10.3. The van der Waals surface area contributed by atoms with Crippen molar-refractivity contribution in [3.8, 4) is 11.5 Å². The minimum absolute atomic E-state index is 0.00830.